The summed E-state index contributed by atoms with van der Waals surface area (Å²) in [4.78, 5) is 10.3. The molecular weight excluding hydrogens is 192 g/mol. The maximum Gasteiger partial charge on any atom is 0.307 e. The summed E-state index contributed by atoms with van der Waals surface area (Å²) >= 11 is 5.76. The molecule has 0 atom stereocenters. The lowest BCUT2D eigenvalue weighted by atomic mass is 10.1. The van der Waals surface area contributed by atoms with Gasteiger partial charge in [-0.3, -0.25) is 4.79 Å². The summed E-state index contributed by atoms with van der Waals surface area (Å²) in [6.07, 6.45) is -0.0502. The highest BCUT2D eigenvalue weighted by molar-refractivity contribution is 6.31. The Hall–Kier alpha value is -1.06. The lowest BCUT2D eigenvalue weighted by molar-refractivity contribution is -0.136. The minimum atomic E-state index is -0.896. The van der Waals surface area contributed by atoms with Crippen molar-refractivity contribution in [2.75, 3.05) is 0 Å². The summed E-state index contributed by atoms with van der Waals surface area (Å²) in [5, 5.41) is 17.7. The van der Waals surface area contributed by atoms with Gasteiger partial charge >= 0.3 is 5.97 Å². The number of hydrogen-bond donors (Lipinski definition) is 2. The van der Waals surface area contributed by atoms with E-state index in [2.05, 4.69) is 0 Å². The first-order valence-electron chi connectivity index (χ1n) is 3.73. The van der Waals surface area contributed by atoms with Gasteiger partial charge in [0.15, 0.2) is 0 Å². The minimum absolute atomic E-state index is 0.0502. The fraction of sp³-hybridized carbons (Fsp3) is 0.222. The third-order valence-electron chi connectivity index (χ3n) is 1.64. The first kappa shape index (κ1) is 10.0. The molecule has 1 aromatic carbocycles. The van der Waals surface area contributed by atoms with E-state index >= 15 is 0 Å². The number of aliphatic hydroxyl groups is 1. The summed E-state index contributed by atoms with van der Waals surface area (Å²) < 4.78 is 0. The third kappa shape index (κ3) is 2.72. The Kier molecular flexibility index (Phi) is 3.28. The molecule has 0 fully saturated rings. The summed E-state index contributed by atoms with van der Waals surface area (Å²) in [6.45, 7) is -0.133. The zero-order valence-corrected chi connectivity index (χ0v) is 7.58. The summed E-state index contributed by atoms with van der Waals surface area (Å²) in [5.41, 5.74) is 1.24. The number of carbonyl (C=O) groups is 1. The van der Waals surface area contributed by atoms with Gasteiger partial charge in [-0.1, -0.05) is 23.7 Å². The molecule has 0 radical (unpaired) electrons. The molecule has 0 unspecified atom stereocenters. The number of halogens is 1. The topological polar surface area (TPSA) is 57.5 Å². The number of carboxylic acids is 1. The number of rotatable bonds is 3. The molecule has 4 heteroatoms. The minimum Gasteiger partial charge on any atom is -0.481 e. The fourth-order valence-corrected chi connectivity index (χ4v) is 1.27. The fourth-order valence-electron chi connectivity index (χ4n) is 1.00. The lowest BCUT2D eigenvalue weighted by Gasteiger charge is -2.02. The van der Waals surface area contributed by atoms with E-state index in [9.17, 15) is 4.79 Å². The number of benzene rings is 1. The van der Waals surface area contributed by atoms with Gasteiger partial charge in [0, 0.05) is 5.02 Å². The Morgan fingerprint density at radius 2 is 2.15 bits per heavy atom. The number of aliphatic hydroxyl groups excluding tert-OH is 1. The highest BCUT2D eigenvalue weighted by Gasteiger charge is 2.03. The molecule has 0 spiro atoms. The molecule has 0 saturated heterocycles. The molecule has 0 bridgehead atoms. The standard InChI is InChI=1S/C9H9ClO3/c10-8-3-6(4-9(12)13)1-2-7(8)5-11/h1-3,11H,4-5H2,(H,12,13). The van der Waals surface area contributed by atoms with E-state index in [0.717, 1.165) is 0 Å². The maximum atomic E-state index is 10.3. The van der Waals surface area contributed by atoms with E-state index in [1.807, 2.05) is 0 Å². The van der Waals surface area contributed by atoms with Crippen LogP contribution in [-0.4, -0.2) is 16.2 Å². The monoisotopic (exact) mass is 200 g/mol. The van der Waals surface area contributed by atoms with Gasteiger partial charge in [-0.05, 0) is 17.2 Å². The largest absolute Gasteiger partial charge is 0.481 e. The normalized spacial score (nSPS) is 10.0. The SMILES string of the molecule is O=C(O)Cc1ccc(CO)c(Cl)c1. The second-order valence-electron chi connectivity index (χ2n) is 2.65. The van der Waals surface area contributed by atoms with Crippen molar-refractivity contribution in [3.63, 3.8) is 0 Å². The van der Waals surface area contributed by atoms with Crippen molar-refractivity contribution in [1.82, 2.24) is 0 Å². The van der Waals surface area contributed by atoms with Crippen LogP contribution in [0, 0.1) is 0 Å². The van der Waals surface area contributed by atoms with E-state index in [1.54, 1.807) is 18.2 Å². The van der Waals surface area contributed by atoms with Gasteiger partial charge in [0.25, 0.3) is 0 Å². The van der Waals surface area contributed by atoms with Gasteiger partial charge in [-0.25, -0.2) is 0 Å². The van der Waals surface area contributed by atoms with Crippen LogP contribution in [0.25, 0.3) is 0 Å². The van der Waals surface area contributed by atoms with Crippen LogP contribution >= 0.6 is 11.6 Å². The van der Waals surface area contributed by atoms with Crippen LogP contribution in [0.3, 0.4) is 0 Å². The van der Waals surface area contributed by atoms with Crippen molar-refractivity contribution in [2.45, 2.75) is 13.0 Å². The summed E-state index contributed by atoms with van der Waals surface area (Å²) in [6, 6.07) is 4.83. The van der Waals surface area contributed by atoms with Crippen LogP contribution in [0.4, 0.5) is 0 Å². The molecule has 0 aliphatic carbocycles. The zero-order valence-electron chi connectivity index (χ0n) is 6.83. The van der Waals surface area contributed by atoms with Gasteiger partial charge in [0.2, 0.25) is 0 Å². The van der Waals surface area contributed by atoms with E-state index in [0.29, 0.717) is 16.1 Å². The van der Waals surface area contributed by atoms with Crippen molar-refractivity contribution in [1.29, 1.82) is 0 Å². The van der Waals surface area contributed by atoms with E-state index in [4.69, 9.17) is 21.8 Å². The van der Waals surface area contributed by atoms with E-state index in [1.165, 1.54) is 0 Å². The number of hydrogen-bond acceptors (Lipinski definition) is 2. The van der Waals surface area contributed by atoms with Crippen LogP contribution in [0.1, 0.15) is 11.1 Å². The molecule has 1 aromatic rings. The molecule has 2 N–H and O–H groups in total. The van der Waals surface area contributed by atoms with E-state index < -0.39 is 5.97 Å². The predicted octanol–water partition coefficient (Wildman–Crippen LogP) is 1.46. The average Bonchev–Trinajstić information content (AvgIpc) is 2.03. The van der Waals surface area contributed by atoms with Crippen molar-refractivity contribution in [2.24, 2.45) is 0 Å². The number of aliphatic carboxylic acids is 1. The van der Waals surface area contributed by atoms with Crippen molar-refractivity contribution < 1.29 is 15.0 Å². The van der Waals surface area contributed by atoms with Gasteiger partial charge in [-0.2, -0.15) is 0 Å². The highest BCUT2D eigenvalue weighted by atomic mass is 35.5. The third-order valence-corrected chi connectivity index (χ3v) is 2.00. The first-order chi connectivity index (χ1) is 6.13. The lowest BCUT2D eigenvalue weighted by Crippen LogP contribution is -2.00. The van der Waals surface area contributed by atoms with Gasteiger partial charge in [0.1, 0.15) is 0 Å². The first-order valence-corrected chi connectivity index (χ1v) is 4.11. The molecule has 3 nitrogen and oxygen atoms in total. The molecule has 13 heavy (non-hydrogen) atoms. The smallest absolute Gasteiger partial charge is 0.307 e. The molecule has 0 saturated carbocycles. The van der Waals surface area contributed by atoms with Crippen LogP contribution in [0.2, 0.25) is 5.02 Å². The van der Waals surface area contributed by atoms with E-state index in [-0.39, 0.29) is 13.0 Å². The molecule has 0 aliphatic heterocycles. The zero-order chi connectivity index (χ0) is 9.84. The van der Waals surface area contributed by atoms with Crippen LogP contribution in [0.15, 0.2) is 18.2 Å². The summed E-state index contributed by atoms with van der Waals surface area (Å²) in [5.74, 6) is -0.896. The second kappa shape index (κ2) is 4.25. The Labute approximate surface area is 80.6 Å². The Balaban J connectivity index is 2.89. The molecule has 0 heterocycles. The summed E-state index contributed by atoms with van der Waals surface area (Å²) in [7, 11) is 0. The maximum absolute atomic E-state index is 10.3. The molecule has 70 valence electrons. The Morgan fingerprint density at radius 1 is 1.46 bits per heavy atom. The van der Waals surface area contributed by atoms with Gasteiger partial charge in [-0.15, -0.1) is 0 Å². The molecule has 1 rings (SSSR count). The second-order valence-corrected chi connectivity index (χ2v) is 3.06. The van der Waals surface area contributed by atoms with Crippen molar-refractivity contribution in [3.8, 4) is 0 Å². The van der Waals surface area contributed by atoms with Crippen molar-refractivity contribution in [3.05, 3.63) is 34.3 Å². The van der Waals surface area contributed by atoms with Crippen LogP contribution in [0.5, 0.6) is 0 Å². The van der Waals surface area contributed by atoms with Gasteiger partial charge in [0.05, 0.1) is 13.0 Å². The van der Waals surface area contributed by atoms with Crippen LogP contribution < -0.4 is 0 Å². The molecular formula is C9H9ClO3. The Morgan fingerprint density at radius 3 is 2.62 bits per heavy atom. The predicted molar refractivity (Wildman–Crippen MR) is 48.7 cm³/mol. The van der Waals surface area contributed by atoms with Gasteiger partial charge < -0.3 is 10.2 Å². The molecule has 0 aliphatic rings. The molecule has 0 amide bonds. The number of carboxylic acid groups (broad SMARTS) is 1. The average molecular weight is 201 g/mol. The van der Waals surface area contributed by atoms with Crippen LogP contribution in [-0.2, 0) is 17.8 Å². The molecule has 0 aromatic heterocycles. The Bertz CT molecular complexity index is 323. The quantitative estimate of drug-likeness (QED) is 0.777. The highest BCUT2D eigenvalue weighted by Crippen LogP contribution is 2.18. The van der Waals surface area contributed by atoms with Crippen molar-refractivity contribution >= 4 is 17.6 Å².